The molecule has 0 amide bonds. The van der Waals surface area contributed by atoms with Gasteiger partial charge in [0.25, 0.3) is 0 Å². The molecule has 168 valence electrons. The van der Waals surface area contributed by atoms with Crippen molar-refractivity contribution < 1.29 is 9.84 Å². The SMILES string of the molecule is C[C@H]1CCCCN1CCOc1nc(N)c2c(n1)CN(c1cc(O)cc3ccccc13)CC2. The van der Waals surface area contributed by atoms with Crippen molar-refractivity contribution >= 4 is 22.3 Å². The molecule has 3 aromatic rings. The molecule has 0 radical (unpaired) electrons. The zero-order valence-electron chi connectivity index (χ0n) is 18.6. The molecule has 1 atom stereocenters. The summed E-state index contributed by atoms with van der Waals surface area (Å²) in [4.78, 5) is 13.9. The maximum atomic E-state index is 10.3. The van der Waals surface area contributed by atoms with Crippen molar-refractivity contribution in [2.75, 3.05) is 36.9 Å². The zero-order valence-corrected chi connectivity index (χ0v) is 18.6. The van der Waals surface area contributed by atoms with E-state index in [0.29, 0.717) is 31.0 Å². The number of hydrogen-bond acceptors (Lipinski definition) is 7. The van der Waals surface area contributed by atoms with Crippen LogP contribution in [0.2, 0.25) is 0 Å². The first-order chi connectivity index (χ1) is 15.6. The van der Waals surface area contributed by atoms with Crippen LogP contribution in [-0.4, -0.2) is 52.3 Å². The van der Waals surface area contributed by atoms with Crippen LogP contribution < -0.4 is 15.4 Å². The van der Waals surface area contributed by atoms with Crippen molar-refractivity contribution in [1.29, 1.82) is 0 Å². The lowest BCUT2D eigenvalue weighted by atomic mass is 10.0. The quantitative estimate of drug-likeness (QED) is 0.634. The first-order valence-corrected chi connectivity index (χ1v) is 11.6. The summed E-state index contributed by atoms with van der Waals surface area (Å²) in [5.41, 5.74) is 9.19. The summed E-state index contributed by atoms with van der Waals surface area (Å²) in [7, 11) is 0. The number of nitrogen functional groups attached to an aromatic ring is 1. The summed E-state index contributed by atoms with van der Waals surface area (Å²) in [6.45, 7) is 6.25. The Labute approximate surface area is 188 Å². The van der Waals surface area contributed by atoms with Gasteiger partial charge in [-0.2, -0.15) is 9.97 Å². The number of anilines is 2. The molecule has 7 nitrogen and oxygen atoms in total. The number of nitrogens with two attached hydrogens (primary N) is 1. The maximum absolute atomic E-state index is 10.3. The number of piperidine rings is 1. The third-order valence-electron chi connectivity index (χ3n) is 6.79. The van der Waals surface area contributed by atoms with E-state index in [1.165, 1.54) is 19.3 Å². The molecule has 5 rings (SSSR count). The zero-order chi connectivity index (χ0) is 22.1. The first kappa shape index (κ1) is 20.8. The average Bonchev–Trinajstić information content (AvgIpc) is 2.79. The number of phenols is 1. The predicted octanol–water partition coefficient (Wildman–Crippen LogP) is 3.73. The second kappa shape index (κ2) is 8.82. The number of benzene rings is 2. The molecule has 2 aromatic carbocycles. The normalized spacial score (nSPS) is 19.2. The first-order valence-electron chi connectivity index (χ1n) is 11.6. The highest BCUT2D eigenvalue weighted by atomic mass is 16.5. The Hall–Kier alpha value is -3.06. The van der Waals surface area contributed by atoms with E-state index in [-0.39, 0.29) is 5.75 Å². The van der Waals surface area contributed by atoms with Gasteiger partial charge in [-0.15, -0.1) is 0 Å². The number of fused-ring (bicyclic) bond motifs is 2. The molecule has 0 aliphatic carbocycles. The fraction of sp³-hybridized carbons (Fsp3) is 0.440. The highest BCUT2D eigenvalue weighted by Gasteiger charge is 2.24. The van der Waals surface area contributed by atoms with Gasteiger partial charge in [-0.1, -0.05) is 30.7 Å². The van der Waals surface area contributed by atoms with Crippen molar-refractivity contribution in [1.82, 2.24) is 14.9 Å². The topological polar surface area (TPSA) is 87.7 Å². The highest BCUT2D eigenvalue weighted by molar-refractivity contribution is 5.95. The second-order valence-corrected chi connectivity index (χ2v) is 8.90. The summed E-state index contributed by atoms with van der Waals surface area (Å²) in [6.07, 6.45) is 4.58. The molecule has 32 heavy (non-hydrogen) atoms. The molecular formula is C25H31N5O2. The molecule has 0 bridgehead atoms. The molecule has 3 N–H and O–H groups in total. The fourth-order valence-electron chi connectivity index (χ4n) is 4.99. The number of hydrogen-bond donors (Lipinski definition) is 2. The third kappa shape index (κ3) is 4.17. The number of phenolic OH excluding ortho intramolecular Hbond substituents is 1. The van der Waals surface area contributed by atoms with E-state index < -0.39 is 0 Å². The van der Waals surface area contributed by atoms with Crippen molar-refractivity contribution in [3.05, 3.63) is 47.7 Å². The van der Waals surface area contributed by atoms with Crippen LogP contribution in [0.5, 0.6) is 11.8 Å². The van der Waals surface area contributed by atoms with Crippen molar-refractivity contribution in [2.24, 2.45) is 0 Å². The van der Waals surface area contributed by atoms with Crippen molar-refractivity contribution in [3.63, 3.8) is 0 Å². The van der Waals surface area contributed by atoms with E-state index in [1.807, 2.05) is 24.3 Å². The molecule has 2 aliphatic rings. The van der Waals surface area contributed by atoms with Gasteiger partial charge >= 0.3 is 6.01 Å². The Balaban J connectivity index is 1.34. The minimum Gasteiger partial charge on any atom is -0.508 e. The van der Waals surface area contributed by atoms with Crippen LogP contribution in [0, 0.1) is 0 Å². The van der Waals surface area contributed by atoms with Gasteiger partial charge in [0.05, 0.1) is 12.2 Å². The number of aromatic nitrogens is 2. The number of likely N-dealkylation sites (tertiary alicyclic amines) is 1. The number of nitrogens with zero attached hydrogens (tertiary/aromatic N) is 4. The summed E-state index contributed by atoms with van der Waals surface area (Å²) >= 11 is 0. The smallest absolute Gasteiger partial charge is 0.318 e. The van der Waals surface area contributed by atoms with E-state index in [1.54, 1.807) is 6.07 Å². The summed E-state index contributed by atoms with van der Waals surface area (Å²) in [6, 6.07) is 12.7. The fourth-order valence-corrected chi connectivity index (χ4v) is 4.99. The Morgan fingerprint density at radius 3 is 2.91 bits per heavy atom. The molecule has 1 aromatic heterocycles. The van der Waals surface area contributed by atoms with Crippen molar-refractivity contribution in [3.8, 4) is 11.8 Å². The van der Waals surface area contributed by atoms with Crippen LogP contribution in [0.25, 0.3) is 10.8 Å². The summed E-state index contributed by atoms with van der Waals surface area (Å²) in [5.74, 6) is 0.777. The van der Waals surface area contributed by atoms with Crippen LogP contribution in [0.1, 0.15) is 37.4 Å². The van der Waals surface area contributed by atoms with Gasteiger partial charge in [0.2, 0.25) is 0 Å². The minimum absolute atomic E-state index is 0.266. The molecule has 1 saturated heterocycles. The lowest BCUT2D eigenvalue weighted by Crippen LogP contribution is -2.40. The molecular weight excluding hydrogens is 402 g/mol. The van der Waals surface area contributed by atoms with Gasteiger partial charge in [0, 0.05) is 41.8 Å². The lowest BCUT2D eigenvalue weighted by molar-refractivity contribution is 0.130. The Morgan fingerprint density at radius 1 is 1.16 bits per heavy atom. The second-order valence-electron chi connectivity index (χ2n) is 8.90. The predicted molar refractivity (Wildman–Crippen MR) is 127 cm³/mol. The van der Waals surface area contributed by atoms with Gasteiger partial charge < -0.3 is 20.5 Å². The van der Waals surface area contributed by atoms with Gasteiger partial charge in [0.1, 0.15) is 18.2 Å². The molecule has 2 aliphatic heterocycles. The van der Waals surface area contributed by atoms with Crippen LogP contribution in [0.15, 0.2) is 36.4 Å². The summed E-state index contributed by atoms with van der Waals surface area (Å²) < 4.78 is 5.93. The van der Waals surface area contributed by atoms with Gasteiger partial charge in [-0.25, -0.2) is 0 Å². The standard InChI is InChI=1S/C25H31N5O2/c1-17-6-4-5-10-29(17)12-13-32-25-27-22-16-30(11-9-21(22)24(26)28-25)23-15-19(31)14-18-7-2-3-8-20(18)23/h2-3,7-8,14-15,17,31H,4-6,9-13,16H2,1H3,(H2,26,27,28)/t17-/m0/s1. The monoisotopic (exact) mass is 433 g/mol. The van der Waals surface area contributed by atoms with E-state index in [4.69, 9.17) is 15.5 Å². The van der Waals surface area contributed by atoms with E-state index in [0.717, 1.165) is 53.8 Å². The molecule has 0 saturated carbocycles. The molecule has 0 unspecified atom stereocenters. The summed E-state index contributed by atoms with van der Waals surface area (Å²) in [5, 5.41) is 12.4. The van der Waals surface area contributed by atoms with Crippen molar-refractivity contribution in [2.45, 2.75) is 45.2 Å². The minimum atomic E-state index is 0.266. The molecule has 7 heteroatoms. The molecule has 1 fully saturated rings. The van der Waals surface area contributed by atoms with Crippen LogP contribution in [0.4, 0.5) is 11.5 Å². The van der Waals surface area contributed by atoms with Gasteiger partial charge in [-0.05, 0) is 44.2 Å². The molecule has 0 spiro atoms. The van der Waals surface area contributed by atoms with Crippen LogP contribution in [0.3, 0.4) is 0 Å². The van der Waals surface area contributed by atoms with Gasteiger partial charge in [-0.3, -0.25) is 4.90 Å². The van der Waals surface area contributed by atoms with E-state index in [2.05, 4.69) is 27.8 Å². The Kier molecular flexibility index (Phi) is 5.74. The van der Waals surface area contributed by atoms with Crippen LogP contribution >= 0.6 is 0 Å². The molecule has 3 heterocycles. The Bertz CT molecular complexity index is 1120. The van der Waals surface area contributed by atoms with Gasteiger partial charge in [0.15, 0.2) is 0 Å². The maximum Gasteiger partial charge on any atom is 0.318 e. The largest absolute Gasteiger partial charge is 0.508 e. The highest BCUT2D eigenvalue weighted by Crippen LogP contribution is 2.35. The number of ether oxygens (including phenoxy) is 1. The van der Waals surface area contributed by atoms with Crippen LogP contribution in [-0.2, 0) is 13.0 Å². The number of rotatable bonds is 5. The Morgan fingerprint density at radius 2 is 2.03 bits per heavy atom. The number of aromatic hydroxyl groups is 1. The van der Waals surface area contributed by atoms with E-state index in [9.17, 15) is 5.11 Å². The lowest BCUT2D eigenvalue weighted by Gasteiger charge is -2.33. The third-order valence-corrected chi connectivity index (χ3v) is 6.79. The van der Waals surface area contributed by atoms with E-state index >= 15 is 0 Å². The average molecular weight is 434 g/mol.